The van der Waals surface area contributed by atoms with Crippen LogP contribution in [0.3, 0.4) is 0 Å². The number of phenols is 2. The molecule has 0 atom stereocenters. The number of hydrogen-bond acceptors (Lipinski definition) is 2. The Hall–Kier alpha value is -2.22. The Balaban J connectivity index is 2.22. The smallest absolute Gasteiger partial charge is 0.119 e. The predicted octanol–water partition coefficient (Wildman–Crippen LogP) is 3.35. The first-order valence-electron chi connectivity index (χ1n) is 5.41. The molecule has 0 radical (unpaired) electrons. The fraction of sp³-hybridized carbons (Fsp3) is 0.0667. The maximum Gasteiger partial charge on any atom is 0.119 e. The van der Waals surface area contributed by atoms with Crippen molar-refractivity contribution >= 4 is 5.57 Å². The summed E-state index contributed by atoms with van der Waals surface area (Å²) < 4.78 is 0. The summed E-state index contributed by atoms with van der Waals surface area (Å²) in [4.78, 5) is 0. The van der Waals surface area contributed by atoms with Crippen LogP contribution in [-0.2, 0) is 6.42 Å². The van der Waals surface area contributed by atoms with E-state index in [0.29, 0.717) is 12.0 Å². The van der Waals surface area contributed by atoms with Gasteiger partial charge in [-0.05, 0) is 29.3 Å². The zero-order valence-corrected chi connectivity index (χ0v) is 9.43. The summed E-state index contributed by atoms with van der Waals surface area (Å²) in [5, 5.41) is 19.1. The van der Waals surface area contributed by atoms with Gasteiger partial charge in [0.1, 0.15) is 11.5 Å². The molecule has 17 heavy (non-hydrogen) atoms. The first-order chi connectivity index (χ1) is 8.16. The molecule has 0 aliphatic heterocycles. The SMILES string of the molecule is C=C(Cc1cc(O)ccc1O)c1ccccc1. The summed E-state index contributed by atoms with van der Waals surface area (Å²) in [6, 6.07) is 14.3. The van der Waals surface area contributed by atoms with Crippen molar-refractivity contribution in [3.05, 3.63) is 66.2 Å². The van der Waals surface area contributed by atoms with Gasteiger partial charge in [-0.1, -0.05) is 36.9 Å². The molecule has 0 spiro atoms. The maximum absolute atomic E-state index is 9.68. The number of aromatic hydroxyl groups is 2. The molecule has 0 fully saturated rings. The normalized spacial score (nSPS) is 10.1. The highest BCUT2D eigenvalue weighted by molar-refractivity contribution is 5.66. The van der Waals surface area contributed by atoms with Gasteiger partial charge in [0.25, 0.3) is 0 Å². The Bertz CT molecular complexity index is 530. The van der Waals surface area contributed by atoms with Crippen LogP contribution in [0.5, 0.6) is 11.5 Å². The van der Waals surface area contributed by atoms with E-state index in [4.69, 9.17) is 0 Å². The van der Waals surface area contributed by atoms with Gasteiger partial charge >= 0.3 is 0 Å². The third kappa shape index (κ3) is 2.67. The number of benzene rings is 2. The van der Waals surface area contributed by atoms with E-state index in [9.17, 15) is 10.2 Å². The Morgan fingerprint density at radius 1 is 1.00 bits per heavy atom. The summed E-state index contributed by atoms with van der Waals surface area (Å²) in [6.45, 7) is 4.00. The van der Waals surface area contributed by atoms with Gasteiger partial charge in [0, 0.05) is 12.0 Å². The highest BCUT2D eigenvalue weighted by atomic mass is 16.3. The van der Waals surface area contributed by atoms with Gasteiger partial charge in [-0.25, -0.2) is 0 Å². The van der Waals surface area contributed by atoms with Gasteiger partial charge in [0.05, 0.1) is 0 Å². The summed E-state index contributed by atoms with van der Waals surface area (Å²) in [6.07, 6.45) is 0.518. The highest BCUT2D eigenvalue weighted by Crippen LogP contribution is 2.27. The van der Waals surface area contributed by atoms with E-state index >= 15 is 0 Å². The van der Waals surface area contributed by atoms with Gasteiger partial charge < -0.3 is 10.2 Å². The van der Waals surface area contributed by atoms with Crippen molar-refractivity contribution in [1.29, 1.82) is 0 Å². The van der Waals surface area contributed by atoms with E-state index in [1.54, 1.807) is 6.07 Å². The van der Waals surface area contributed by atoms with E-state index in [1.807, 2.05) is 30.3 Å². The Labute approximate surface area is 100 Å². The van der Waals surface area contributed by atoms with Crippen molar-refractivity contribution < 1.29 is 10.2 Å². The van der Waals surface area contributed by atoms with Crippen LogP contribution in [0.4, 0.5) is 0 Å². The fourth-order valence-electron chi connectivity index (χ4n) is 1.72. The zero-order valence-electron chi connectivity index (χ0n) is 9.43. The molecule has 0 aliphatic rings. The molecular formula is C15H14O2. The predicted molar refractivity (Wildman–Crippen MR) is 69.0 cm³/mol. The van der Waals surface area contributed by atoms with Crippen molar-refractivity contribution in [2.24, 2.45) is 0 Å². The fourth-order valence-corrected chi connectivity index (χ4v) is 1.72. The average Bonchev–Trinajstić information content (AvgIpc) is 2.35. The van der Waals surface area contributed by atoms with Crippen LogP contribution in [0.15, 0.2) is 55.1 Å². The van der Waals surface area contributed by atoms with Crippen LogP contribution in [0.25, 0.3) is 5.57 Å². The summed E-state index contributed by atoms with van der Waals surface area (Å²) >= 11 is 0. The van der Waals surface area contributed by atoms with Gasteiger partial charge in [-0.2, -0.15) is 0 Å². The largest absolute Gasteiger partial charge is 0.508 e. The molecule has 86 valence electrons. The van der Waals surface area contributed by atoms with Crippen LogP contribution in [0, 0.1) is 0 Å². The minimum Gasteiger partial charge on any atom is -0.508 e. The molecule has 2 N–H and O–H groups in total. The minimum atomic E-state index is 0.152. The van der Waals surface area contributed by atoms with Crippen molar-refractivity contribution in [3.63, 3.8) is 0 Å². The van der Waals surface area contributed by atoms with Crippen molar-refractivity contribution in [1.82, 2.24) is 0 Å². The lowest BCUT2D eigenvalue weighted by molar-refractivity contribution is 0.455. The number of hydrogen-bond donors (Lipinski definition) is 2. The molecule has 0 bridgehead atoms. The Morgan fingerprint density at radius 3 is 2.41 bits per heavy atom. The van der Waals surface area contributed by atoms with Gasteiger partial charge in [-0.3, -0.25) is 0 Å². The van der Waals surface area contributed by atoms with E-state index in [1.165, 1.54) is 12.1 Å². The molecule has 0 heterocycles. The molecule has 0 saturated heterocycles. The van der Waals surface area contributed by atoms with Crippen LogP contribution >= 0.6 is 0 Å². The van der Waals surface area contributed by atoms with E-state index in [-0.39, 0.29) is 11.5 Å². The lowest BCUT2D eigenvalue weighted by atomic mass is 9.99. The molecule has 2 aromatic rings. The van der Waals surface area contributed by atoms with Gasteiger partial charge in [-0.15, -0.1) is 0 Å². The zero-order chi connectivity index (χ0) is 12.3. The van der Waals surface area contributed by atoms with Crippen LogP contribution < -0.4 is 0 Å². The van der Waals surface area contributed by atoms with Crippen molar-refractivity contribution in [3.8, 4) is 11.5 Å². The minimum absolute atomic E-state index is 0.152. The molecule has 0 amide bonds. The maximum atomic E-state index is 9.68. The summed E-state index contributed by atoms with van der Waals surface area (Å²) in [5.74, 6) is 0.332. The highest BCUT2D eigenvalue weighted by Gasteiger charge is 2.05. The molecule has 0 unspecified atom stereocenters. The second kappa shape index (κ2) is 4.74. The van der Waals surface area contributed by atoms with E-state index in [2.05, 4.69) is 6.58 Å². The third-order valence-electron chi connectivity index (χ3n) is 2.65. The van der Waals surface area contributed by atoms with E-state index in [0.717, 1.165) is 11.1 Å². The standard InChI is InChI=1S/C15H14O2/c1-11(12-5-3-2-4-6-12)9-13-10-14(16)7-8-15(13)17/h2-8,10,16-17H,1,9H2. The van der Waals surface area contributed by atoms with Crippen LogP contribution in [0.2, 0.25) is 0 Å². The molecule has 0 aliphatic carbocycles. The Kier molecular flexibility index (Phi) is 3.15. The molecule has 2 nitrogen and oxygen atoms in total. The number of allylic oxidation sites excluding steroid dienone is 1. The first kappa shape index (κ1) is 11.3. The molecule has 2 aromatic carbocycles. The summed E-state index contributed by atoms with van der Waals surface area (Å²) in [7, 11) is 0. The Morgan fingerprint density at radius 2 is 1.71 bits per heavy atom. The van der Waals surface area contributed by atoms with Crippen molar-refractivity contribution in [2.75, 3.05) is 0 Å². The lowest BCUT2D eigenvalue weighted by Crippen LogP contribution is -1.90. The molecule has 0 aromatic heterocycles. The number of phenolic OH excluding ortho intramolecular Hbond substituents is 2. The molecule has 2 rings (SSSR count). The van der Waals surface area contributed by atoms with Crippen LogP contribution in [-0.4, -0.2) is 10.2 Å². The molecular weight excluding hydrogens is 212 g/mol. The van der Waals surface area contributed by atoms with Gasteiger partial charge in [0.2, 0.25) is 0 Å². The number of rotatable bonds is 3. The first-order valence-corrected chi connectivity index (χ1v) is 5.41. The topological polar surface area (TPSA) is 40.5 Å². The quantitative estimate of drug-likeness (QED) is 0.788. The van der Waals surface area contributed by atoms with Crippen LogP contribution in [0.1, 0.15) is 11.1 Å². The van der Waals surface area contributed by atoms with Crippen molar-refractivity contribution in [2.45, 2.75) is 6.42 Å². The molecule has 0 saturated carbocycles. The monoisotopic (exact) mass is 226 g/mol. The van der Waals surface area contributed by atoms with Gasteiger partial charge in [0.15, 0.2) is 0 Å². The summed E-state index contributed by atoms with van der Waals surface area (Å²) in [5.41, 5.74) is 2.63. The average molecular weight is 226 g/mol. The second-order valence-electron chi connectivity index (χ2n) is 3.96. The van der Waals surface area contributed by atoms with E-state index < -0.39 is 0 Å². The lowest BCUT2D eigenvalue weighted by Gasteiger charge is -2.08. The molecule has 2 heteroatoms. The third-order valence-corrected chi connectivity index (χ3v) is 2.65. The second-order valence-corrected chi connectivity index (χ2v) is 3.96.